The molecule has 1 aromatic carbocycles. The Kier molecular flexibility index (Phi) is 3.68. The summed E-state index contributed by atoms with van der Waals surface area (Å²) in [7, 11) is 0. The molecule has 0 atom stereocenters. The first kappa shape index (κ1) is 13.7. The van der Waals surface area contributed by atoms with E-state index in [1.54, 1.807) is 16.9 Å². The number of amides is 1. The lowest BCUT2D eigenvalue weighted by Gasteiger charge is -2.14. The van der Waals surface area contributed by atoms with Crippen molar-refractivity contribution in [2.75, 3.05) is 5.32 Å². The number of benzene rings is 1. The number of nitrogens with one attached hydrogen (secondary N) is 1. The number of carbonyl (C=O) groups excluding carboxylic acids is 1. The minimum atomic E-state index is -0.876. The first-order chi connectivity index (χ1) is 10.1. The molecular weight excluding hydrogens is 276 g/mol. The Bertz CT molecular complexity index is 663. The van der Waals surface area contributed by atoms with Gasteiger partial charge in [-0.15, -0.1) is 0 Å². The number of hydrogen-bond donors (Lipinski definition) is 1. The smallest absolute Gasteiger partial charge is 0.259 e. The summed E-state index contributed by atoms with van der Waals surface area (Å²) in [4.78, 5) is 12.1. The molecule has 6 heteroatoms. The maximum Gasteiger partial charge on any atom is 0.259 e. The topological polar surface area (TPSA) is 46.9 Å². The second-order valence-corrected chi connectivity index (χ2v) is 5.18. The van der Waals surface area contributed by atoms with E-state index in [-0.39, 0.29) is 11.6 Å². The predicted octanol–water partition coefficient (Wildman–Crippen LogP) is 3.53. The van der Waals surface area contributed by atoms with Gasteiger partial charge in [0.25, 0.3) is 5.91 Å². The lowest BCUT2D eigenvalue weighted by Crippen LogP contribution is -2.18. The van der Waals surface area contributed by atoms with Crippen molar-refractivity contribution < 1.29 is 13.6 Å². The summed E-state index contributed by atoms with van der Waals surface area (Å²) in [5.41, 5.74) is -0.185. The van der Waals surface area contributed by atoms with Crippen LogP contribution in [0.25, 0.3) is 0 Å². The maximum atomic E-state index is 13.6. The second kappa shape index (κ2) is 5.63. The SMILES string of the molecule is O=C(Nc1ccnn1C1CCCC1)c1ccc(F)cc1F. The molecule has 1 aromatic heterocycles. The van der Waals surface area contributed by atoms with Crippen molar-refractivity contribution in [1.82, 2.24) is 9.78 Å². The van der Waals surface area contributed by atoms with Crippen LogP contribution in [0, 0.1) is 11.6 Å². The molecule has 0 spiro atoms. The summed E-state index contributed by atoms with van der Waals surface area (Å²) in [6.45, 7) is 0. The molecule has 1 amide bonds. The number of carbonyl (C=O) groups is 1. The number of rotatable bonds is 3. The van der Waals surface area contributed by atoms with Gasteiger partial charge in [-0.25, -0.2) is 13.5 Å². The fourth-order valence-corrected chi connectivity index (χ4v) is 2.71. The average molecular weight is 291 g/mol. The molecule has 0 bridgehead atoms. The van der Waals surface area contributed by atoms with Crippen LogP contribution < -0.4 is 5.32 Å². The molecular formula is C15H15F2N3O. The summed E-state index contributed by atoms with van der Waals surface area (Å²) in [6.07, 6.45) is 5.94. The van der Waals surface area contributed by atoms with Gasteiger partial charge in [-0.3, -0.25) is 4.79 Å². The van der Waals surface area contributed by atoms with E-state index in [1.165, 1.54) is 0 Å². The van der Waals surface area contributed by atoms with Gasteiger partial charge in [0.05, 0.1) is 17.8 Å². The van der Waals surface area contributed by atoms with Crippen LogP contribution in [0.1, 0.15) is 42.1 Å². The van der Waals surface area contributed by atoms with Gasteiger partial charge in [-0.1, -0.05) is 12.8 Å². The quantitative estimate of drug-likeness (QED) is 0.940. The van der Waals surface area contributed by atoms with E-state index in [1.807, 2.05) is 0 Å². The van der Waals surface area contributed by atoms with Crippen LogP contribution in [-0.2, 0) is 0 Å². The molecule has 0 aliphatic heterocycles. The molecule has 0 radical (unpaired) electrons. The van der Waals surface area contributed by atoms with E-state index in [0.717, 1.165) is 37.8 Å². The van der Waals surface area contributed by atoms with Crippen molar-refractivity contribution in [1.29, 1.82) is 0 Å². The Labute approximate surface area is 120 Å². The monoisotopic (exact) mass is 291 g/mol. The van der Waals surface area contributed by atoms with Crippen molar-refractivity contribution in [3.8, 4) is 0 Å². The molecule has 1 heterocycles. The summed E-state index contributed by atoms with van der Waals surface area (Å²) < 4.78 is 28.2. The number of nitrogens with zero attached hydrogens (tertiary/aromatic N) is 2. The molecule has 110 valence electrons. The third-order valence-electron chi connectivity index (χ3n) is 3.76. The van der Waals surface area contributed by atoms with Crippen LogP contribution in [0.3, 0.4) is 0 Å². The highest BCUT2D eigenvalue weighted by atomic mass is 19.1. The first-order valence-electron chi connectivity index (χ1n) is 6.95. The molecule has 1 fully saturated rings. The standard InChI is InChI=1S/C15H15F2N3O/c16-10-5-6-12(13(17)9-10)15(21)19-14-7-8-18-20(14)11-3-1-2-4-11/h5-9,11H,1-4H2,(H,19,21). The number of aromatic nitrogens is 2. The molecule has 21 heavy (non-hydrogen) atoms. The van der Waals surface area contributed by atoms with Crippen LogP contribution in [0.15, 0.2) is 30.5 Å². The Morgan fingerprint density at radius 3 is 2.71 bits per heavy atom. The number of halogens is 2. The van der Waals surface area contributed by atoms with Gasteiger partial charge in [0, 0.05) is 12.1 Å². The Hall–Kier alpha value is -2.24. The normalized spacial score (nSPS) is 15.3. The lowest BCUT2D eigenvalue weighted by molar-refractivity contribution is 0.102. The fourth-order valence-electron chi connectivity index (χ4n) is 2.71. The van der Waals surface area contributed by atoms with Gasteiger partial charge in [0.1, 0.15) is 17.5 Å². The van der Waals surface area contributed by atoms with Crippen LogP contribution in [0.2, 0.25) is 0 Å². The number of hydrogen-bond acceptors (Lipinski definition) is 2. The van der Waals surface area contributed by atoms with E-state index >= 15 is 0 Å². The molecule has 2 aromatic rings. The Balaban J connectivity index is 1.80. The third-order valence-corrected chi connectivity index (χ3v) is 3.76. The van der Waals surface area contributed by atoms with Gasteiger partial charge >= 0.3 is 0 Å². The van der Waals surface area contributed by atoms with E-state index < -0.39 is 17.5 Å². The number of anilines is 1. The van der Waals surface area contributed by atoms with E-state index in [9.17, 15) is 13.6 Å². The van der Waals surface area contributed by atoms with Crippen LogP contribution in [0.4, 0.5) is 14.6 Å². The van der Waals surface area contributed by atoms with Crippen LogP contribution in [0.5, 0.6) is 0 Å². The fraction of sp³-hybridized carbons (Fsp3) is 0.333. The summed E-state index contributed by atoms with van der Waals surface area (Å²) in [5.74, 6) is -1.65. The minimum absolute atomic E-state index is 0.185. The largest absolute Gasteiger partial charge is 0.307 e. The van der Waals surface area contributed by atoms with E-state index in [4.69, 9.17) is 0 Å². The van der Waals surface area contributed by atoms with Crippen LogP contribution >= 0.6 is 0 Å². The summed E-state index contributed by atoms with van der Waals surface area (Å²) in [6, 6.07) is 4.84. The third kappa shape index (κ3) is 2.79. The maximum absolute atomic E-state index is 13.6. The Morgan fingerprint density at radius 1 is 1.24 bits per heavy atom. The average Bonchev–Trinajstić information content (AvgIpc) is 3.08. The van der Waals surface area contributed by atoms with Crippen LogP contribution in [-0.4, -0.2) is 15.7 Å². The highest BCUT2D eigenvalue weighted by Gasteiger charge is 2.21. The first-order valence-corrected chi connectivity index (χ1v) is 6.95. The molecule has 1 aliphatic rings. The summed E-state index contributed by atoms with van der Waals surface area (Å²) in [5, 5.41) is 6.87. The Morgan fingerprint density at radius 2 is 2.00 bits per heavy atom. The lowest BCUT2D eigenvalue weighted by atomic mass is 10.2. The van der Waals surface area contributed by atoms with Crippen molar-refractivity contribution in [3.05, 3.63) is 47.7 Å². The molecule has 3 rings (SSSR count). The molecule has 4 nitrogen and oxygen atoms in total. The molecule has 0 unspecified atom stereocenters. The van der Waals surface area contributed by atoms with Gasteiger partial charge in [-0.05, 0) is 25.0 Å². The molecule has 1 aliphatic carbocycles. The van der Waals surface area contributed by atoms with Crippen molar-refractivity contribution in [2.45, 2.75) is 31.7 Å². The van der Waals surface area contributed by atoms with Crippen molar-refractivity contribution in [3.63, 3.8) is 0 Å². The zero-order valence-electron chi connectivity index (χ0n) is 11.4. The highest BCUT2D eigenvalue weighted by Crippen LogP contribution is 2.31. The van der Waals surface area contributed by atoms with E-state index in [0.29, 0.717) is 11.9 Å². The zero-order chi connectivity index (χ0) is 14.8. The van der Waals surface area contributed by atoms with E-state index in [2.05, 4.69) is 10.4 Å². The molecule has 1 N–H and O–H groups in total. The van der Waals surface area contributed by atoms with Gasteiger partial charge < -0.3 is 5.32 Å². The van der Waals surface area contributed by atoms with Crippen molar-refractivity contribution >= 4 is 11.7 Å². The van der Waals surface area contributed by atoms with Crippen molar-refractivity contribution in [2.24, 2.45) is 0 Å². The van der Waals surface area contributed by atoms with Gasteiger partial charge in [0.2, 0.25) is 0 Å². The molecule has 0 saturated heterocycles. The second-order valence-electron chi connectivity index (χ2n) is 5.18. The minimum Gasteiger partial charge on any atom is -0.307 e. The van der Waals surface area contributed by atoms with Gasteiger partial charge in [0.15, 0.2) is 0 Å². The zero-order valence-corrected chi connectivity index (χ0v) is 11.4. The van der Waals surface area contributed by atoms with Gasteiger partial charge in [-0.2, -0.15) is 5.10 Å². The summed E-state index contributed by atoms with van der Waals surface area (Å²) >= 11 is 0. The highest BCUT2D eigenvalue weighted by molar-refractivity contribution is 6.04. The molecule has 1 saturated carbocycles. The predicted molar refractivity (Wildman–Crippen MR) is 74.0 cm³/mol.